The lowest BCUT2D eigenvalue weighted by Crippen LogP contribution is -2.07. The Hall–Kier alpha value is -2.03. The van der Waals surface area contributed by atoms with Gasteiger partial charge >= 0.3 is 0 Å². The maximum Gasteiger partial charge on any atom is 0.130 e. The average molecular weight is 226 g/mol. The van der Waals surface area contributed by atoms with Crippen LogP contribution in [0, 0.1) is 13.8 Å². The number of benzene rings is 1. The Morgan fingerprint density at radius 2 is 2.18 bits per heavy atom. The van der Waals surface area contributed by atoms with E-state index in [-0.39, 0.29) is 0 Å². The van der Waals surface area contributed by atoms with Crippen molar-refractivity contribution in [3.63, 3.8) is 0 Å². The molecule has 0 atom stereocenters. The maximum atomic E-state index is 5.72. The molecule has 1 aromatic carbocycles. The van der Waals surface area contributed by atoms with Crippen molar-refractivity contribution in [2.75, 3.05) is 6.61 Å². The second kappa shape index (κ2) is 3.77. The Bertz CT molecular complexity index is 583. The summed E-state index contributed by atoms with van der Waals surface area (Å²) >= 11 is 0. The van der Waals surface area contributed by atoms with Crippen molar-refractivity contribution in [3.05, 3.63) is 53.1 Å². The van der Waals surface area contributed by atoms with Gasteiger partial charge in [-0.3, -0.25) is 0 Å². The molecule has 3 heteroatoms. The van der Waals surface area contributed by atoms with Crippen LogP contribution in [-0.4, -0.2) is 16.6 Å². The minimum absolute atomic E-state index is 0.610. The van der Waals surface area contributed by atoms with Crippen LogP contribution < -0.4 is 4.74 Å². The van der Waals surface area contributed by atoms with E-state index in [4.69, 9.17) is 4.74 Å². The Kier molecular flexibility index (Phi) is 2.25. The molecule has 0 unspecified atom stereocenters. The first-order valence-corrected chi connectivity index (χ1v) is 5.69. The molecule has 2 heterocycles. The van der Waals surface area contributed by atoms with Gasteiger partial charge in [-0.1, -0.05) is 6.07 Å². The normalized spacial score (nSPS) is 13.9. The third kappa shape index (κ3) is 1.64. The van der Waals surface area contributed by atoms with E-state index in [0.717, 1.165) is 22.6 Å². The zero-order chi connectivity index (χ0) is 11.8. The van der Waals surface area contributed by atoms with E-state index >= 15 is 0 Å². The van der Waals surface area contributed by atoms with Crippen LogP contribution in [0.1, 0.15) is 22.4 Å². The molecule has 3 nitrogen and oxygen atoms in total. The molecule has 17 heavy (non-hydrogen) atoms. The van der Waals surface area contributed by atoms with E-state index in [9.17, 15) is 0 Å². The largest absolute Gasteiger partial charge is 0.489 e. The van der Waals surface area contributed by atoms with E-state index in [2.05, 4.69) is 42.0 Å². The molecule has 2 aromatic rings. The minimum Gasteiger partial charge on any atom is -0.489 e. The molecule has 1 aliphatic heterocycles. The molecule has 1 N–H and O–H groups in total. The number of ether oxygens (including phenoxy) is 1. The molecular weight excluding hydrogens is 212 g/mol. The molecule has 0 radical (unpaired) electrons. The lowest BCUT2D eigenvalue weighted by atomic mass is 9.95. The minimum atomic E-state index is 0.610. The summed E-state index contributed by atoms with van der Waals surface area (Å²) in [5.41, 5.74) is 5.69. The summed E-state index contributed by atoms with van der Waals surface area (Å²) in [5, 5.41) is 0. The standard InChI is InChI=1S/C14H14N2O/c1-9-5-10(2)14-12(6-9)11(3-4-17-14)13-7-15-8-16-13/h3,5-8H,4H2,1-2H3,(H,15,16). The third-order valence-corrected chi connectivity index (χ3v) is 3.00. The number of imidazole rings is 1. The van der Waals surface area contributed by atoms with E-state index in [1.54, 1.807) is 6.33 Å². The van der Waals surface area contributed by atoms with Gasteiger partial charge in [0.2, 0.25) is 0 Å². The Morgan fingerprint density at radius 3 is 2.94 bits per heavy atom. The number of fused-ring (bicyclic) bond motifs is 1. The van der Waals surface area contributed by atoms with Crippen molar-refractivity contribution >= 4 is 5.57 Å². The van der Waals surface area contributed by atoms with Crippen LogP contribution in [0.5, 0.6) is 5.75 Å². The van der Waals surface area contributed by atoms with Crippen LogP contribution in [0.3, 0.4) is 0 Å². The molecule has 0 fully saturated rings. The third-order valence-electron chi connectivity index (χ3n) is 3.00. The van der Waals surface area contributed by atoms with Crippen molar-refractivity contribution < 1.29 is 4.74 Å². The Labute approximate surface area is 100 Å². The van der Waals surface area contributed by atoms with Crippen molar-refractivity contribution in [3.8, 4) is 5.75 Å². The zero-order valence-corrected chi connectivity index (χ0v) is 9.95. The summed E-state index contributed by atoms with van der Waals surface area (Å²) in [6.07, 6.45) is 5.70. The van der Waals surface area contributed by atoms with Gasteiger partial charge < -0.3 is 9.72 Å². The second-order valence-electron chi connectivity index (χ2n) is 4.34. The van der Waals surface area contributed by atoms with E-state index in [1.807, 2.05) is 6.20 Å². The fraction of sp³-hybridized carbons (Fsp3) is 0.214. The van der Waals surface area contributed by atoms with Gasteiger partial charge in [0.05, 0.1) is 12.0 Å². The number of rotatable bonds is 1. The number of aryl methyl sites for hydroxylation is 2. The number of H-pyrrole nitrogens is 1. The number of nitrogens with zero attached hydrogens (tertiary/aromatic N) is 1. The maximum absolute atomic E-state index is 5.72. The van der Waals surface area contributed by atoms with Crippen molar-refractivity contribution in [2.45, 2.75) is 13.8 Å². The summed E-state index contributed by atoms with van der Waals surface area (Å²) in [5.74, 6) is 0.983. The predicted octanol–water partition coefficient (Wildman–Crippen LogP) is 2.85. The lowest BCUT2D eigenvalue weighted by Gasteiger charge is -2.20. The van der Waals surface area contributed by atoms with Gasteiger partial charge in [-0.15, -0.1) is 0 Å². The van der Waals surface area contributed by atoms with Crippen LogP contribution in [0.25, 0.3) is 5.57 Å². The molecule has 3 rings (SSSR count). The van der Waals surface area contributed by atoms with Crippen LogP contribution in [0.2, 0.25) is 0 Å². The molecule has 1 aliphatic rings. The summed E-state index contributed by atoms with van der Waals surface area (Å²) in [6.45, 7) is 4.79. The lowest BCUT2D eigenvalue weighted by molar-refractivity contribution is 0.355. The van der Waals surface area contributed by atoms with Crippen LogP contribution >= 0.6 is 0 Å². The highest BCUT2D eigenvalue weighted by atomic mass is 16.5. The van der Waals surface area contributed by atoms with Gasteiger partial charge in [-0.05, 0) is 37.1 Å². The first-order chi connectivity index (χ1) is 8.25. The number of hydrogen-bond acceptors (Lipinski definition) is 2. The SMILES string of the molecule is Cc1cc(C)c2c(c1)C(c1c[nH]cn1)=CCO2. The average Bonchev–Trinajstić information content (AvgIpc) is 2.81. The number of aromatic nitrogens is 2. The van der Waals surface area contributed by atoms with Crippen LogP contribution in [-0.2, 0) is 0 Å². The van der Waals surface area contributed by atoms with Crippen molar-refractivity contribution in [1.29, 1.82) is 0 Å². The molecule has 0 saturated heterocycles. The molecule has 0 bridgehead atoms. The molecule has 1 aromatic heterocycles. The number of nitrogens with one attached hydrogen (secondary N) is 1. The van der Waals surface area contributed by atoms with Gasteiger partial charge in [0, 0.05) is 17.3 Å². The van der Waals surface area contributed by atoms with Crippen LogP contribution in [0.15, 0.2) is 30.7 Å². The fourth-order valence-electron chi connectivity index (χ4n) is 2.31. The quantitative estimate of drug-likeness (QED) is 0.812. The van der Waals surface area contributed by atoms with Gasteiger partial charge in [0.1, 0.15) is 12.4 Å². The first kappa shape index (κ1) is 10.1. The number of aromatic amines is 1. The van der Waals surface area contributed by atoms with Gasteiger partial charge in [-0.2, -0.15) is 0 Å². The molecule has 0 aliphatic carbocycles. The van der Waals surface area contributed by atoms with Gasteiger partial charge in [0.25, 0.3) is 0 Å². The van der Waals surface area contributed by atoms with E-state index in [0.29, 0.717) is 6.61 Å². The summed E-state index contributed by atoms with van der Waals surface area (Å²) in [6, 6.07) is 4.30. The predicted molar refractivity (Wildman–Crippen MR) is 67.1 cm³/mol. The van der Waals surface area contributed by atoms with Crippen LogP contribution in [0.4, 0.5) is 0 Å². The highest BCUT2D eigenvalue weighted by Crippen LogP contribution is 2.36. The van der Waals surface area contributed by atoms with E-state index < -0.39 is 0 Å². The molecule has 0 spiro atoms. The van der Waals surface area contributed by atoms with E-state index in [1.165, 1.54) is 11.1 Å². The molecule has 86 valence electrons. The Balaban J connectivity index is 2.20. The highest BCUT2D eigenvalue weighted by molar-refractivity contribution is 5.83. The fourth-order valence-corrected chi connectivity index (χ4v) is 2.31. The van der Waals surface area contributed by atoms with Gasteiger partial charge in [0.15, 0.2) is 0 Å². The summed E-state index contributed by atoms with van der Waals surface area (Å²) in [7, 11) is 0. The smallest absolute Gasteiger partial charge is 0.130 e. The molecule has 0 saturated carbocycles. The topological polar surface area (TPSA) is 37.9 Å². The monoisotopic (exact) mass is 226 g/mol. The first-order valence-electron chi connectivity index (χ1n) is 5.69. The van der Waals surface area contributed by atoms with Crippen molar-refractivity contribution in [1.82, 2.24) is 9.97 Å². The molecule has 0 amide bonds. The summed E-state index contributed by atoms with van der Waals surface area (Å²) < 4.78 is 5.72. The highest BCUT2D eigenvalue weighted by Gasteiger charge is 2.18. The van der Waals surface area contributed by atoms with Crippen molar-refractivity contribution in [2.24, 2.45) is 0 Å². The Morgan fingerprint density at radius 1 is 1.29 bits per heavy atom. The summed E-state index contributed by atoms with van der Waals surface area (Å²) in [4.78, 5) is 7.31. The zero-order valence-electron chi connectivity index (χ0n) is 9.95. The van der Waals surface area contributed by atoms with Gasteiger partial charge in [-0.25, -0.2) is 4.98 Å². The second-order valence-corrected chi connectivity index (χ2v) is 4.34. The number of hydrogen-bond donors (Lipinski definition) is 1. The molecular formula is C14H14N2O.